The number of benzene rings is 4. The Hall–Kier alpha value is -4.12. The highest BCUT2D eigenvalue weighted by Crippen LogP contribution is 2.34. The van der Waals surface area contributed by atoms with Gasteiger partial charge in [-0.1, -0.05) is 54.6 Å². The molecule has 0 radical (unpaired) electrons. The number of carbonyl (C=O) groups excluding carboxylic acids is 1. The molecule has 35 heavy (non-hydrogen) atoms. The van der Waals surface area contributed by atoms with Crippen molar-refractivity contribution < 1.29 is 4.79 Å². The number of fused-ring (bicyclic) bond motifs is 2. The molecule has 0 unspecified atom stereocenters. The summed E-state index contributed by atoms with van der Waals surface area (Å²) in [5, 5.41) is 9.98. The number of carbonyl (C=O) groups is 1. The standard InChI is InChI=1S/C30H30N4O/c1-33(26-14-13-22-5-2-3-6-24(22)19-26)27-15-16-28-25(20-27)7-4-18-34(28)29(35)17-10-21-8-11-23(12-9-21)30(31)32/h2-3,5-6,8-9,11-16,19-20H,4,7,10,17-18H2,1H3,(H3,31,32). The van der Waals surface area contributed by atoms with E-state index in [9.17, 15) is 4.79 Å². The summed E-state index contributed by atoms with van der Waals surface area (Å²) >= 11 is 0. The Balaban J connectivity index is 1.31. The summed E-state index contributed by atoms with van der Waals surface area (Å²) in [4.78, 5) is 17.3. The molecule has 176 valence electrons. The molecule has 0 aliphatic carbocycles. The first-order chi connectivity index (χ1) is 17.0. The van der Waals surface area contributed by atoms with Gasteiger partial charge in [-0.3, -0.25) is 10.2 Å². The quantitative estimate of drug-likeness (QED) is 0.281. The molecule has 0 bridgehead atoms. The van der Waals surface area contributed by atoms with Gasteiger partial charge in [0.05, 0.1) is 0 Å². The number of amidine groups is 1. The second-order valence-electron chi connectivity index (χ2n) is 9.16. The number of nitrogen functional groups attached to an aromatic ring is 1. The third-order valence-electron chi connectivity index (χ3n) is 6.88. The number of anilines is 3. The Kier molecular flexibility index (Phi) is 6.23. The Labute approximate surface area is 206 Å². The van der Waals surface area contributed by atoms with Gasteiger partial charge in [-0.25, -0.2) is 0 Å². The molecule has 0 fully saturated rings. The van der Waals surface area contributed by atoms with Crippen molar-refractivity contribution in [3.63, 3.8) is 0 Å². The van der Waals surface area contributed by atoms with Gasteiger partial charge in [0.15, 0.2) is 0 Å². The fourth-order valence-electron chi connectivity index (χ4n) is 4.82. The molecule has 1 heterocycles. The first-order valence-corrected chi connectivity index (χ1v) is 12.1. The fraction of sp³-hybridized carbons (Fsp3) is 0.200. The van der Waals surface area contributed by atoms with E-state index in [0.29, 0.717) is 18.4 Å². The van der Waals surface area contributed by atoms with E-state index in [0.717, 1.165) is 42.0 Å². The van der Waals surface area contributed by atoms with E-state index in [2.05, 4.69) is 72.6 Å². The van der Waals surface area contributed by atoms with Crippen LogP contribution < -0.4 is 15.5 Å². The lowest BCUT2D eigenvalue weighted by Crippen LogP contribution is -2.35. The normalized spacial score (nSPS) is 12.9. The van der Waals surface area contributed by atoms with Crippen molar-refractivity contribution in [1.29, 1.82) is 5.41 Å². The SMILES string of the molecule is CN(c1ccc2c(c1)CCCN2C(=O)CCc1ccc(C(=N)N)cc1)c1ccc2ccccc2c1. The Bertz CT molecular complexity index is 1390. The lowest BCUT2D eigenvalue weighted by molar-refractivity contribution is -0.118. The lowest BCUT2D eigenvalue weighted by Gasteiger charge is -2.31. The number of rotatable bonds is 6. The zero-order valence-electron chi connectivity index (χ0n) is 20.0. The number of nitrogens with zero attached hydrogens (tertiary/aromatic N) is 2. The molecular weight excluding hydrogens is 432 g/mol. The molecule has 4 aromatic carbocycles. The minimum atomic E-state index is 0.0585. The van der Waals surface area contributed by atoms with E-state index in [1.165, 1.54) is 16.3 Å². The van der Waals surface area contributed by atoms with Gasteiger partial charge in [-0.05, 0) is 71.5 Å². The summed E-state index contributed by atoms with van der Waals surface area (Å²) in [6.45, 7) is 0.759. The minimum absolute atomic E-state index is 0.0585. The van der Waals surface area contributed by atoms with E-state index in [4.69, 9.17) is 11.1 Å². The maximum atomic E-state index is 13.1. The summed E-state index contributed by atoms with van der Waals surface area (Å²) in [7, 11) is 2.09. The van der Waals surface area contributed by atoms with Crippen LogP contribution in [0.4, 0.5) is 17.1 Å². The molecule has 4 aromatic rings. The number of nitrogens with one attached hydrogen (secondary N) is 1. The van der Waals surface area contributed by atoms with Gasteiger partial charge in [0.25, 0.3) is 0 Å². The third kappa shape index (κ3) is 4.76. The maximum Gasteiger partial charge on any atom is 0.227 e. The molecule has 1 aliphatic rings. The predicted octanol–water partition coefficient (Wildman–Crippen LogP) is 5.80. The number of aryl methyl sites for hydroxylation is 2. The molecule has 1 amide bonds. The number of nitrogens with two attached hydrogens (primary N) is 1. The van der Waals surface area contributed by atoms with E-state index in [1.807, 2.05) is 29.2 Å². The number of amides is 1. The minimum Gasteiger partial charge on any atom is -0.384 e. The monoisotopic (exact) mass is 462 g/mol. The van der Waals surface area contributed by atoms with Gasteiger partial charge in [0.1, 0.15) is 5.84 Å². The van der Waals surface area contributed by atoms with Crippen LogP contribution in [0, 0.1) is 5.41 Å². The highest BCUT2D eigenvalue weighted by atomic mass is 16.2. The highest BCUT2D eigenvalue weighted by Gasteiger charge is 2.23. The van der Waals surface area contributed by atoms with Crippen LogP contribution in [-0.4, -0.2) is 25.3 Å². The van der Waals surface area contributed by atoms with Crippen molar-refractivity contribution in [2.24, 2.45) is 5.73 Å². The van der Waals surface area contributed by atoms with Crippen molar-refractivity contribution >= 4 is 39.6 Å². The fourth-order valence-corrected chi connectivity index (χ4v) is 4.82. The number of hydrogen-bond acceptors (Lipinski definition) is 3. The van der Waals surface area contributed by atoms with E-state index in [1.54, 1.807) is 0 Å². The predicted molar refractivity (Wildman–Crippen MR) is 145 cm³/mol. The van der Waals surface area contributed by atoms with Gasteiger partial charge in [-0.15, -0.1) is 0 Å². The molecule has 0 saturated carbocycles. The molecular formula is C30H30N4O. The summed E-state index contributed by atoms with van der Waals surface area (Å²) in [5.74, 6) is 0.209. The smallest absolute Gasteiger partial charge is 0.227 e. The van der Waals surface area contributed by atoms with Crippen molar-refractivity contribution in [3.05, 3.63) is 102 Å². The molecule has 1 aliphatic heterocycles. The van der Waals surface area contributed by atoms with Gasteiger partial charge in [-0.2, -0.15) is 0 Å². The van der Waals surface area contributed by atoms with Crippen LogP contribution >= 0.6 is 0 Å². The van der Waals surface area contributed by atoms with Crippen LogP contribution in [0.3, 0.4) is 0 Å². The molecule has 5 nitrogen and oxygen atoms in total. The maximum absolute atomic E-state index is 13.1. The van der Waals surface area contributed by atoms with Crippen LogP contribution in [0.1, 0.15) is 29.5 Å². The molecule has 0 saturated heterocycles. The van der Waals surface area contributed by atoms with Crippen LogP contribution in [0.15, 0.2) is 84.9 Å². The second-order valence-corrected chi connectivity index (χ2v) is 9.16. The van der Waals surface area contributed by atoms with Crippen molar-refractivity contribution in [2.45, 2.75) is 25.7 Å². The largest absolute Gasteiger partial charge is 0.384 e. The second kappa shape index (κ2) is 9.63. The van der Waals surface area contributed by atoms with Gasteiger partial charge in [0, 0.05) is 42.6 Å². The average molecular weight is 463 g/mol. The van der Waals surface area contributed by atoms with Crippen molar-refractivity contribution in [3.8, 4) is 0 Å². The summed E-state index contributed by atoms with van der Waals surface area (Å²) in [6, 6.07) is 28.9. The Morgan fingerprint density at radius 1 is 0.943 bits per heavy atom. The molecule has 3 N–H and O–H groups in total. The van der Waals surface area contributed by atoms with Gasteiger partial charge >= 0.3 is 0 Å². The molecule has 0 aromatic heterocycles. The third-order valence-corrected chi connectivity index (χ3v) is 6.88. The van der Waals surface area contributed by atoms with E-state index in [-0.39, 0.29) is 11.7 Å². The number of hydrogen-bond donors (Lipinski definition) is 2. The topological polar surface area (TPSA) is 73.4 Å². The van der Waals surface area contributed by atoms with Crippen LogP contribution in [-0.2, 0) is 17.6 Å². The van der Waals surface area contributed by atoms with Crippen LogP contribution in [0.25, 0.3) is 10.8 Å². The summed E-state index contributed by atoms with van der Waals surface area (Å²) in [6.07, 6.45) is 3.07. The Morgan fingerprint density at radius 2 is 1.66 bits per heavy atom. The zero-order valence-corrected chi connectivity index (χ0v) is 20.0. The van der Waals surface area contributed by atoms with Gasteiger partial charge < -0.3 is 15.5 Å². The van der Waals surface area contributed by atoms with E-state index >= 15 is 0 Å². The lowest BCUT2D eigenvalue weighted by atomic mass is 9.99. The van der Waals surface area contributed by atoms with Crippen molar-refractivity contribution in [1.82, 2.24) is 0 Å². The highest BCUT2D eigenvalue weighted by molar-refractivity contribution is 5.96. The van der Waals surface area contributed by atoms with Crippen LogP contribution in [0.2, 0.25) is 0 Å². The van der Waals surface area contributed by atoms with E-state index < -0.39 is 0 Å². The Morgan fingerprint density at radius 3 is 2.43 bits per heavy atom. The van der Waals surface area contributed by atoms with Crippen LogP contribution in [0.5, 0.6) is 0 Å². The average Bonchev–Trinajstić information content (AvgIpc) is 2.90. The zero-order chi connectivity index (χ0) is 24.4. The molecule has 5 heteroatoms. The molecule has 5 rings (SSSR count). The summed E-state index contributed by atoms with van der Waals surface area (Å²) in [5.41, 5.74) is 11.8. The molecule has 0 atom stereocenters. The van der Waals surface area contributed by atoms with Gasteiger partial charge in [0.2, 0.25) is 5.91 Å². The molecule has 0 spiro atoms. The first-order valence-electron chi connectivity index (χ1n) is 12.1. The van der Waals surface area contributed by atoms with Crippen molar-refractivity contribution in [2.75, 3.05) is 23.4 Å². The summed E-state index contributed by atoms with van der Waals surface area (Å²) < 4.78 is 0. The first kappa shape index (κ1) is 22.7.